The molecule has 0 saturated heterocycles. The molecule has 1 atom stereocenters. The molecule has 5 nitrogen and oxygen atoms in total. The minimum Gasteiger partial charge on any atom is -0.458 e. The summed E-state index contributed by atoms with van der Waals surface area (Å²) in [6, 6.07) is 3.88. The summed E-state index contributed by atoms with van der Waals surface area (Å²) in [5.41, 5.74) is 1.41. The van der Waals surface area contributed by atoms with Crippen LogP contribution in [0.4, 0.5) is 4.79 Å². The van der Waals surface area contributed by atoms with Crippen LogP contribution in [0.25, 0.3) is 0 Å². The lowest BCUT2D eigenvalue weighted by molar-refractivity contribution is -0.138. The van der Waals surface area contributed by atoms with Crippen molar-refractivity contribution in [2.75, 3.05) is 6.61 Å². The predicted octanol–water partition coefficient (Wildman–Crippen LogP) is 3.74. The first kappa shape index (κ1) is 17.4. The van der Waals surface area contributed by atoms with Crippen molar-refractivity contribution in [3.05, 3.63) is 57.2 Å². The van der Waals surface area contributed by atoms with Gasteiger partial charge < -0.3 is 15.4 Å². The number of carbonyl (C=O) groups is 2. The number of benzene rings is 1. The van der Waals surface area contributed by atoms with E-state index in [1.807, 2.05) is 6.92 Å². The molecule has 1 aliphatic heterocycles. The highest BCUT2D eigenvalue weighted by atomic mass is 35.5. The van der Waals surface area contributed by atoms with E-state index in [2.05, 4.69) is 10.6 Å². The third-order valence-electron chi connectivity index (χ3n) is 3.31. The first-order chi connectivity index (χ1) is 10.9. The molecule has 0 aromatic heterocycles. The van der Waals surface area contributed by atoms with Gasteiger partial charge in [0.2, 0.25) is 0 Å². The molecule has 1 heterocycles. The molecule has 2 amide bonds. The topological polar surface area (TPSA) is 67.4 Å². The van der Waals surface area contributed by atoms with E-state index in [-0.39, 0.29) is 6.61 Å². The van der Waals surface area contributed by atoms with Crippen molar-refractivity contribution in [3.63, 3.8) is 0 Å². The number of allylic oxidation sites excluding steroid dienone is 2. The molecular formula is C16H16Cl2N2O3. The third-order valence-corrected chi connectivity index (χ3v) is 4.05. The van der Waals surface area contributed by atoms with Crippen LogP contribution in [0, 0.1) is 0 Å². The Morgan fingerprint density at radius 1 is 1.35 bits per heavy atom. The first-order valence-electron chi connectivity index (χ1n) is 6.95. The fourth-order valence-corrected chi connectivity index (χ4v) is 2.51. The number of nitrogens with one attached hydrogen (secondary N) is 2. The van der Waals surface area contributed by atoms with Crippen LogP contribution < -0.4 is 10.6 Å². The number of amides is 2. The Bertz CT molecular complexity index is 699. The summed E-state index contributed by atoms with van der Waals surface area (Å²) < 4.78 is 5.20. The van der Waals surface area contributed by atoms with Gasteiger partial charge in [-0.15, -0.1) is 0 Å². The van der Waals surface area contributed by atoms with Crippen LogP contribution in [0.1, 0.15) is 25.5 Å². The Morgan fingerprint density at radius 3 is 2.74 bits per heavy atom. The molecule has 0 spiro atoms. The van der Waals surface area contributed by atoms with Gasteiger partial charge in [0.1, 0.15) is 6.61 Å². The summed E-state index contributed by atoms with van der Waals surface area (Å²) >= 11 is 12.0. The van der Waals surface area contributed by atoms with E-state index in [9.17, 15) is 9.59 Å². The van der Waals surface area contributed by atoms with Crippen LogP contribution in [0.5, 0.6) is 0 Å². The van der Waals surface area contributed by atoms with E-state index >= 15 is 0 Å². The van der Waals surface area contributed by atoms with Crippen molar-refractivity contribution in [3.8, 4) is 0 Å². The molecule has 1 aliphatic rings. The zero-order valence-electron chi connectivity index (χ0n) is 12.7. The van der Waals surface area contributed by atoms with Gasteiger partial charge in [-0.2, -0.15) is 0 Å². The van der Waals surface area contributed by atoms with Gasteiger partial charge >= 0.3 is 12.0 Å². The average molecular weight is 355 g/mol. The maximum atomic E-state index is 12.4. The zero-order valence-corrected chi connectivity index (χ0v) is 14.2. The van der Waals surface area contributed by atoms with Crippen molar-refractivity contribution in [1.29, 1.82) is 0 Å². The van der Waals surface area contributed by atoms with Gasteiger partial charge in [0.25, 0.3) is 0 Å². The smallest absolute Gasteiger partial charge is 0.338 e. The fourth-order valence-electron chi connectivity index (χ4n) is 2.20. The number of ether oxygens (including phenoxy) is 1. The van der Waals surface area contributed by atoms with Crippen molar-refractivity contribution in [2.24, 2.45) is 0 Å². The van der Waals surface area contributed by atoms with Crippen LogP contribution >= 0.6 is 23.2 Å². The van der Waals surface area contributed by atoms with E-state index in [0.717, 1.165) is 0 Å². The summed E-state index contributed by atoms with van der Waals surface area (Å²) in [6.07, 6.45) is 3.50. The lowest BCUT2D eigenvalue weighted by Gasteiger charge is -2.28. The second kappa shape index (κ2) is 7.53. The molecule has 122 valence electrons. The number of halogens is 2. The summed E-state index contributed by atoms with van der Waals surface area (Å²) in [7, 11) is 0. The molecule has 0 saturated carbocycles. The monoisotopic (exact) mass is 354 g/mol. The van der Waals surface area contributed by atoms with Crippen LogP contribution in [0.15, 0.2) is 41.6 Å². The van der Waals surface area contributed by atoms with Crippen LogP contribution in [0.2, 0.25) is 10.0 Å². The summed E-state index contributed by atoms with van der Waals surface area (Å²) in [5.74, 6) is -0.510. The molecule has 2 rings (SSSR count). The SMILES string of the molecule is C/C=C/COC(=O)C1=C(C)NC(=O)N[C@H]1c1ccc(Cl)c(Cl)c1. The molecule has 0 unspecified atom stereocenters. The van der Waals surface area contributed by atoms with E-state index in [4.69, 9.17) is 27.9 Å². The van der Waals surface area contributed by atoms with Gasteiger partial charge in [0.05, 0.1) is 21.7 Å². The third kappa shape index (κ3) is 4.06. The molecule has 0 fully saturated rings. The number of carbonyl (C=O) groups excluding carboxylic acids is 2. The van der Waals surface area contributed by atoms with Crippen molar-refractivity contribution in [2.45, 2.75) is 19.9 Å². The standard InChI is InChI=1S/C16H16Cl2N2O3/c1-3-4-7-23-15(21)13-9(2)19-16(22)20-14(13)10-5-6-11(17)12(18)8-10/h3-6,8,14H,7H2,1-2H3,(H2,19,20,22)/b4-3+/t14-/m0/s1. The highest BCUT2D eigenvalue weighted by Gasteiger charge is 2.32. The van der Waals surface area contributed by atoms with Gasteiger partial charge in [-0.25, -0.2) is 9.59 Å². The Balaban J connectivity index is 2.37. The van der Waals surface area contributed by atoms with Crippen LogP contribution in [-0.2, 0) is 9.53 Å². The molecule has 7 heteroatoms. The molecule has 2 N–H and O–H groups in total. The van der Waals surface area contributed by atoms with Crippen molar-refractivity contribution in [1.82, 2.24) is 10.6 Å². The van der Waals surface area contributed by atoms with E-state index in [1.54, 1.807) is 37.3 Å². The van der Waals surface area contributed by atoms with Crippen molar-refractivity contribution >= 4 is 35.2 Å². The lowest BCUT2D eigenvalue weighted by Crippen LogP contribution is -2.45. The van der Waals surface area contributed by atoms with E-state index in [0.29, 0.717) is 26.9 Å². The molecule has 23 heavy (non-hydrogen) atoms. The maximum Gasteiger partial charge on any atom is 0.338 e. The zero-order chi connectivity index (χ0) is 17.0. The maximum absolute atomic E-state index is 12.4. The molecular weight excluding hydrogens is 339 g/mol. The van der Waals surface area contributed by atoms with Crippen LogP contribution in [-0.4, -0.2) is 18.6 Å². The van der Waals surface area contributed by atoms with Gasteiger partial charge in [-0.3, -0.25) is 0 Å². The van der Waals surface area contributed by atoms with Gasteiger partial charge in [0.15, 0.2) is 0 Å². The Labute approximate surface area is 144 Å². The van der Waals surface area contributed by atoms with Crippen molar-refractivity contribution < 1.29 is 14.3 Å². The molecule has 0 bridgehead atoms. The van der Waals surface area contributed by atoms with Gasteiger partial charge in [-0.05, 0) is 31.5 Å². The first-order valence-corrected chi connectivity index (χ1v) is 7.71. The highest BCUT2D eigenvalue weighted by molar-refractivity contribution is 6.42. The largest absolute Gasteiger partial charge is 0.458 e. The van der Waals surface area contributed by atoms with Gasteiger partial charge in [0, 0.05) is 5.70 Å². The summed E-state index contributed by atoms with van der Waals surface area (Å²) in [6.45, 7) is 3.64. The minimum atomic E-state index is -0.656. The normalized spacial score (nSPS) is 17.9. The predicted molar refractivity (Wildman–Crippen MR) is 89.3 cm³/mol. The van der Waals surface area contributed by atoms with E-state index < -0.39 is 18.0 Å². The summed E-state index contributed by atoms with van der Waals surface area (Å²) in [4.78, 5) is 24.1. The van der Waals surface area contributed by atoms with Gasteiger partial charge in [-0.1, -0.05) is 41.4 Å². The second-order valence-electron chi connectivity index (χ2n) is 4.91. The lowest BCUT2D eigenvalue weighted by atomic mass is 9.95. The minimum absolute atomic E-state index is 0.161. The number of hydrogen-bond acceptors (Lipinski definition) is 3. The Hall–Kier alpha value is -1.98. The number of hydrogen-bond donors (Lipinski definition) is 2. The van der Waals surface area contributed by atoms with Crippen LogP contribution in [0.3, 0.4) is 0 Å². The number of urea groups is 1. The Morgan fingerprint density at radius 2 is 2.09 bits per heavy atom. The quantitative estimate of drug-likeness (QED) is 0.639. The molecule has 1 aromatic carbocycles. The highest BCUT2D eigenvalue weighted by Crippen LogP contribution is 2.31. The Kier molecular flexibility index (Phi) is 5.69. The average Bonchev–Trinajstić information content (AvgIpc) is 2.49. The molecule has 0 aliphatic carbocycles. The number of esters is 1. The fraction of sp³-hybridized carbons (Fsp3) is 0.250. The second-order valence-corrected chi connectivity index (χ2v) is 5.73. The number of rotatable bonds is 4. The molecule has 0 radical (unpaired) electrons. The van der Waals surface area contributed by atoms with E-state index in [1.165, 1.54) is 0 Å². The summed E-state index contributed by atoms with van der Waals surface area (Å²) in [5, 5.41) is 6.02. The molecule has 1 aromatic rings.